The number of amides is 1. The fourth-order valence-electron chi connectivity index (χ4n) is 1.80. The van der Waals surface area contributed by atoms with Crippen molar-refractivity contribution in [1.82, 2.24) is 5.32 Å². The summed E-state index contributed by atoms with van der Waals surface area (Å²) in [4.78, 5) is 12.0. The summed E-state index contributed by atoms with van der Waals surface area (Å²) in [5.41, 5.74) is 5.81. The molecule has 0 aliphatic heterocycles. The lowest BCUT2D eigenvalue weighted by Crippen LogP contribution is -2.37. The van der Waals surface area contributed by atoms with Gasteiger partial charge in [-0.15, -0.1) is 0 Å². The van der Waals surface area contributed by atoms with Gasteiger partial charge in [-0.2, -0.15) is 0 Å². The van der Waals surface area contributed by atoms with Crippen LogP contribution in [0.1, 0.15) is 39.3 Å². The number of benzene rings is 1. The molecule has 124 valence electrons. The lowest BCUT2D eigenvalue weighted by atomic mass is 10.1. The Morgan fingerprint density at radius 2 is 1.82 bits per heavy atom. The van der Waals surface area contributed by atoms with Gasteiger partial charge in [-0.05, 0) is 38.5 Å². The summed E-state index contributed by atoms with van der Waals surface area (Å²) in [5.74, 6) is 0.0445. The summed E-state index contributed by atoms with van der Waals surface area (Å²) in [6.45, 7) is 7.09. The van der Waals surface area contributed by atoms with E-state index in [2.05, 4.69) is 5.32 Å². The largest absolute Gasteiger partial charge is 0.444 e. The smallest absolute Gasteiger partial charge is 0.408 e. The molecule has 22 heavy (non-hydrogen) atoms. The van der Waals surface area contributed by atoms with Gasteiger partial charge >= 0.3 is 6.09 Å². The zero-order chi connectivity index (χ0) is 17.0. The number of alkyl carbamates (subject to hydrolysis) is 1. The number of rotatable bonds is 5. The first-order chi connectivity index (χ1) is 10.1. The van der Waals surface area contributed by atoms with E-state index in [1.165, 1.54) is 12.1 Å². The summed E-state index contributed by atoms with van der Waals surface area (Å²) in [6.07, 6.45) is -0.562. The van der Waals surface area contributed by atoms with E-state index < -0.39 is 27.6 Å². The second-order valence-corrected chi connectivity index (χ2v) is 8.19. The molecule has 0 heterocycles. The average Bonchev–Trinajstić information content (AvgIpc) is 2.43. The lowest BCUT2D eigenvalue weighted by molar-refractivity contribution is 0.0505. The monoisotopic (exact) mass is 328 g/mol. The SMILES string of the molecule is CCS(=O)(=O)c1ccc([C@H](CN)NC(=O)OC(C)(C)C)cc1. The van der Waals surface area contributed by atoms with Crippen LogP contribution in [-0.4, -0.2) is 32.4 Å². The van der Waals surface area contributed by atoms with Crippen molar-refractivity contribution in [2.24, 2.45) is 5.73 Å². The summed E-state index contributed by atoms with van der Waals surface area (Å²) < 4.78 is 28.7. The molecular weight excluding hydrogens is 304 g/mol. The molecule has 0 radical (unpaired) electrons. The Kier molecular flexibility index (Phi) is 5.96. The maximum Gasteiger partial charge on any atom is 0.408 e. The summed E-state index contributed by atoms with van der Waals surface area (Å²) in [6, 6.07) is 5.91. The molecular formula is C15H24N2O4S. The molecule has 0 spiro atoms. The highest BCUT2D eigenvalue weighted by Gasteiger charge is 2.20. The molecule has 3 N–H and O–H groups in total. The van der Waals surface area contributed by atoms with E-state index >= 15 is 0 Å². The average molecular weight is 328 g/mol. The van der Waals surface area contributed by atoms with E-state index in [1.807, 2.05) is 0 Å². The number of nitrogens with one attached hydrogen (secondary N) is 1. The van der Waals surface area contributed by atoms with Crippen LogP contribution in [-0.2, 0) is 14.6 Å². The number of ether oxygens (including phenoxy) is 1. The Morgan fingerprint density at radius 1 is 1.27 bits per heavy atom. The van der Waals surface area contributed by atoms with Gasteiger partial charge in [0.25, 0.3) is 0 Å². The minimum Gasteiger partial charge on any atom is -0.444 e. The van der Waals surface area contributed by atoms with Gasteiger partial charge in [0.15, 0.2) is 9.84 Å². The van der Waals surface area contributed by atoms with Crippen LogP contribution in [0.2, 0.25) is 0 Å². The normalized spacial score (nSPS) is 13.5. The van der Waals surface area contributed by atoms with E-state index in [9.17, 15) is 13.2 Å². The molecule has 0 aliphatic carbocycles. The van der Waals surface area contributed by atoms with Crippen LogP contribution in [0.15, 0.2) is 29.2 Å². The van der Waals surface area contributed by atoms with Crippen molar-refractivity contribution in [3.63, 3.8) is 0 Å². The molecule has 0 bridgehead atoms. The van der Waals surface area contributed by atoms with Crippen LogP contribution in [0, 0.1) is 0 Å². The summed E-state index contributed by atoms with van der Waals surface area (Å²) >= 11 is 0. The maximum absolute atomic E-state index is 11.8. The van der Waals surface area contributed by atoms with E-state index in [1.54, 1.807) is 39.8 Å². The minimum absolute atomic E-state index is 0.0445. The number of nitrogens with two attached hydrogens (primary N) is 1. The number of carbonyl (C=O) groups excluding carboxylic acids is 1. The van der Waals surface area contributed by atoms with Gasteiger partial charge in [0, 0.05) is 6.54 Å². The van der Waals surface area contributed by atoms with Crippen molar-refractivity contribution in [1.29, 1.82) is 0 Å². The third kappa shape index (κ3) is 5.31. The third-order valence-electron chi connectivity index (χ3n) is 2.95. The Morgan fingerprint density at radius 3 is 2.23 bits per heavy atom. The van der Waals surface area contributed by atoms with Gasteiger partial charge in [-0.1, -0.05) is 19.1 Å². The Labute approximate surface area is 132 Å². The molecule has 7 heteroatoms. The highest BCUT2D eigenvalue weighted by molar-refractivity contribution is 7.91. The summed E-state index contributed by atoms with van der Waals surface area (Å²) in [5, 5.41) is 2.68. The van der Waals surface area contributed by atoms with E-state index in [-0.39, 0.29) is 17.2 Å². The predicted octanol–water partition coefficient (Wildman–Crippen LogP) is 2.00. The van der Waals surface area contributed by atoms with Crippen LogP contribution in [0.3, 0.4) is 0 Å². The molecule has 0 saturated carbocycles. The highest BCUT2D eigenvalue weighted by Crippen LogP contribution is 2.18. The van der Waals surface area contributed by atoms with Crippen LogP contribution in [0.5, 0.6) is 0 Å². The van der Waals surface area contributed by atoms with Crippen molar-refractivity contribution in [2.75, 3.05) is 12.3 Å². The van der Waals surface area contributed by atoms with Crippen molar-refractivity contribution >= 4 is 15.9 Å². The molecule has 1 amide bonds. The number of hydrogen-bond donors (Lipinski definition) is 2. The maximum atomic E-state index is 11.8. The standard InChI is InChI=1S/C15H24N2O4S/c1-5-22(19,20)12-8-6-11(7-9-12)13(10-16)17-14(18)21-15(2,3)4/h6-9,13H,5,10,16H2,1-4H3,(H,17,18)/t13-/m0/s1. The van der Waals surface area contributed by atoms with Crippen LogP contribution < -0.4 is 11.1 Å². The summed E-state index contributed by atoms with van der Waals surface area (Å²) in [7, 11) is -3.24. The second kappa shape index (κ2) is 7.11. The predicted molar refractivity (Wildman–Crippen MR) is 85.3 cm³/mol. The van der Waals surface area contributed by atoms with Crippen molar-refractivity contribution in [3.8, 4) is 0 Å². The van der Waals surface area contributed by atoms with Crippen molar-refractivity contribution in [2.45, 2.75) is 44.2 Å². The van der Waals surface area contributed by atoms with Crippen molar-refractivity contribution in [3.05, 3.63) is 29.8 Å². The third-order valence-corrected chi connectivity index (χ3v) is 4.70. The Hall–Kier alpha value is -1.60. The fraction of sp³-hybridized carbons (Fsp3) is 0.533. The molecule has 0 saturated heterocycles. The molecule has 1 aromatic carbocycles. The lowest BCUT2D eigenvalue weighted by Gasteiger charge is -2.23. The quantitative estimate of drug-likeness (QED) is 0.861. The second-order valence-electron chi connectivity index (χ2n) is 5.91. The van der Waals surface area contributed by atoms with Gasteiger partial charge in [0.1, 0.15) is 5.60 Å². The van der Waals surface area contributed by atoms with Crippen LogP contribution in [0.25, 0.3) is 0 Å². The van der Waals surface area contributed by atoms with Gasteiger partial charge in [-0.3, -0.25) is 0 Å². The van der Waals surface area contributed by atoms with Crippen molar-refractivity contribution < 1.29 is 17.9 Å². The van der Waals surface area contributed by atoms with Crippen LogP contribution in [0.4, 0.5) is 4.79 Å². The molecule has 6 nitrogen and oxygen atoms in total. The van der Waals surface area contributed by atoms with E-state index in [4.69, 9.17) is 10.5 Å². The first-order valence-electron chi connectivity index (χ1n) is 7.11. The zero-order valence-corrected chi connectivity index (χ0v) is 14.2. The minimum atomic E-state index is -3.24. The van der Waals surface area contributed by atoms with Gasteiger partial charge in [-0.25, -0.2) is 13.2 Å². The Bertz CT molecular complexity index is 603. The molecule has 1 rings (SSSR count). The zero-order valence-electron chi connectivity index (χ0n) is 13.4. The van der Waals surface area contributed by atoms with E-state index in [0.717, 1.165) is 5.56 Å². The molecule has 0 unspecified atom stereocenters. The van der Waals surface area contributed by atoms with Gasteiger partial charge in [0.05, 0.1) is 16.7 Å². The molecule has 0 aliphatic rings. The topological polar surface area (TPSA) is 98.5 Å². The van der Waals surface area contributed by atoms with E-state index in [0.29, 0.717) is 0 Å². The number of sulfone groups is 1. The molecule has 1 atom stereocenters. The molecule has 0 aromatic heterocycles. The number of hydrogen-bond acceptors (Lipinski definition) is 5. The Balaban J connectivity index is 2.86. The van der Waals surface area contributed by atoms with Crippen LogP contribution >= 0.6 is 0 Å². The first kappa shape index (κ1) is 18.4. The van der Waals surface area contributed by atoms with Gasteiger partial charge < -0.3 is 15.8 Å². The van der Waals surface area contributed by atoms with Gasteiger partial charge in [0.2, 0.25) is 0 Å². The highest BCUT2D eigenvalue weighted by atomic mass is 32.2. The first-order valence-corrected chi connectivity index (χ1v) is 8.76. The number of carbonyl (C=O) groups is 1. The fourth-order valence-corrected chi connectivity index (χ4v) is 2.69. The molecule has 1 aromatic rings. The molecule has 0 fully saturated rings.